The summed E-state index contributed by atoms with van der Waals surface area (Å²) in [4.78, 5) is 20.4. The van der Waals surface area contributed by atoms with Gasteiger partial charge in [0.25, 0.3) is 0 Å². The molecule has 2 aromatic carbocycles. The van der Waals surface area contributed by atoms with Gasteiger partial charge in [-0.3, -0.25) is 0 Å². The van der Waals surface area contributed by atoms with Crippen LogP contribution in [0.25, 0.3) is 33.1 Å². The standard InChI is InChI=1S/C21H12ClN3O2S/c22-15-5-7-17-18(10-15)25-20(24-17)14(11-23)9-16-6-8-19(28-16)12-1-3-13(4-2-12)21(26)27/h1-10H,(H,24,25)(H,26,27)/b14-9-. The van der Waals surface area contributed by atoms with Crippen LogP contribution >= 0.6 is 22.9 Å². The van der Waals surface area contributed by atoms with Crippen LogP contribution in [0, 0.1) is 11.3 Å². The van der Waals surface area contributed by atoms with Crippen molar-refractivity contribution in [2.75, 3.05) is 0 Å². The summed E-state index contributed by atoms with van der Waals surface area (Å²) >= 11 is 7.51. The second-order valence-corrected chi connectivity index (χ2v) is 7.55. The lowest BCUT2D eigenvalue weighted by Crippen LogP contribution is -1.94. The molecule has 0 fully saturated rings. The molecule has 4 aromatic rings. The molecular weight excluding hydrogens is 394 g/mol. The number of halogens is 1. The highest BCUT2D eigenvalue weighted by Crippen LogP contribution is 2.31. The van der Waals surface area contributed by atoms with Crippen molar-refractivity contribution in [3.8, 4) is 16.5 Å². The lowest BCUT2D eigenvalue weighted by atomic mass is 10.1. The van der Waals surface area contributed by atoms with Crippen molar-refractivity contribution in [1.82, 2.24) is 9.97 Å². The summed E-state index contributed by atoms with van der Waals surface area (Å²) in [6.45, 7) is 0. The largest absolute Gasteiger partial charge is 0.478 e. The highest BCUT2D eigenvalue weighted by atomic mass is 35.5. The van der Waals surface area contributed by atoms with Crippen molar-refractivity contribution >= 4 is 51.6 Å². The number of fused-ring (bicyclic) bond motifs is 1. The van der Waals surface area contributed by atoms with Crippen molar-refractivity contribution < 1.29 is 9.90 Å². The van der Waals surface area contributed by atoms with E-state index in [9.17, 15) is 10.1 Å². The predicted molar refractivity (Wildman–Crippen MR) is 111 cm³/mol. The van der Waals surface area contributed by atoms with Crippen LogP contribution in [-0.2, 0) is 0 Å². The molecular formula is C21H12ClN3O2S. The minimum atomic E-state index is -0.952. The Morgan fingerprint density at radius 1 is 1.18 bits per heavy atom. The molecule has 2 heterocycles. The third kappa shape index (κ3) is 3.54. The molecule has 4 rings (SSSR count). The van der Waals surface area contributed by atoms with Crippen molar-refractivity contribution in [1.29, 1.82) is 5.26 Å². The van der Waals surface area contributed by atoms with E-state index in [0.29, 0.717) is 16.4 Å². The van der Waals surface area contributed by atoms with Crippen molar-refractivity contribution in [2.45, 2.75) is 0 Å². The number of nitriles is 1. The number of benzene rings is 2. The Morgan fingerprint density at radius 3 is 2.68 bits per heavy atom. The number of thiophene rings is 1. The van der Waals surface area contributed by atoms with Crippen molar-refractivity contribution in [2.24, 2.45) is 0 Å². The molecule has 5 nitrogen and oxygen atoms in total. The topological polar surface area (TPSA) is 89.8 Å². The molecule has 2 N–H and O–H groups in total. The predicted octanol–water partition coefficient (Wildman–Crippen LogP) is 5.71. The molecule has 2 aromatic heterocycles. The molecule has 7 heteroatoms. The monoisotopic (exact) mass is 405 g/mol. The van der Waals surface area contributed by atoms with E-state index in [1.54, 1.807) is 48.5 Å². The molecule has 0 aliphatic heterocycles. The van der Waals surface area contributed by atoms with Gasteiger partial charge in [-0.15, -0.1) is 11.3 Å². The fourth-order valence-electron chi connectivity index (χ4n) is 2.77. The van der Waals surface area contributed by atoms with Crippen LogP contribution in [-0.4, -0.2) is 21.0 Å². The van der Waals surface area contributed by atoms with Crippen LogP contribution in [0.3, 0.4) is 0 Å². The molecule has 0 atom stereocenters. The number of aromatic carboxylic acids is 1. The lowest BCUT2D eigenvalue weighted by molar-refractivity contribution is 0.0697. The molecule has 0 saturated carbocycles. The summed E-state index contributed by atoms with van der Waals surface area (Å²) in [5.74, 6) is -0.465. The second kappa shape index (κ2) is 7.31. The Hall–Kier alpha value is -3.40. The fourth-order valence-corrected chi connectivity index (χ4v) is 3.90. The molecule has 136 valence electrons. The Kier molecular flexibility index (Phi) is 4.70. The van der Waals surface area contributed by atoms with Crippen molar-refractivity contribution in [3.05, 3.63) is 75.9 Å². The molecule has 0 saturated heterocycles. The van der Waals surface area contributed by atoms with Gasteiger partial charge < -0.3 is 10.1 Å². The van der Waals surface area contributed by atoms with Gasteiger partial charge in [-0.25, -0.2) is 9.78 Å². The Balaban J connectivity index is 1.65. The highest BCUT2D eigenvalue weighted by molar-refractivity contribution is 7.16. The number of hydrogen-bond donors (Lipinski definition) is 2. The molecule has 0 aliphatic carbocycles. The number of aromatic nitrogens is 2. The maximum Gasteiger partial charge on any atom is 0.335 e. The van der Waals surface area contributed by atoms with Crippen LogP contribution in [0.2, 0.25) is 5.02 Å². The van der Waals surface area contributed by atoms with Gasteiger partial charge >= 0.3 is 5.97 Å². The molecule has 0 unspecified atom stereocenters. The normalized spacial score (nSPS) is 11.5. The van der Waals surface area contributed by atoms with E-state index in [1.807, 2.05) is 12.1 Å². The third-order valence-electron chi connectivity index (χ3n) is 4.15. The number of nitrogens with one attached hydrogen (secondary N) is 1. The number of imidazole rings is 1. The van der Waals surface area contributed by atoms with E-state index in [2.05, 4.69) is 16.0 Å². The molecule has 0 amide bonds. The number of hydrogen-bond acceptors (Lipinski definition) is 4. The van der Waals surface area contributed by atoms with Crippen LogP contribution in [0.15, 0.2) is 54.6 Å². The highest BCUT2D eigenvalue weighted by Gasteiger charge is 2.10. The van der Waals surface area contributed by atoms with E-state index < -0.39 is 5.97 Å². The zero-order chi connectivity index (χ0) is 19.7. The summed E-state index contributed by atoms with van der Waals surface area (Å²) in [6, 6.07) is 18.1. The number of carboxylic acid groups (broad SMARTS) is 1. The summed E-state index contributed by atoms with van der Waals surface area (Å²) in [7, 11) is 0. The van der Waals surface area contributed by atoms with E-state index in [1.165, 1.54) is 11.3 Å². The molecule has 0 radical (unpaired) electrons. The number of nitrogens with zero attached hydrogens (tertiary/aromatic N) is 2. The first-order valence-electron chi connectivity index (χ1n) is 8.24. The van der Waals surface area contributed by atoms with Gasteiger partial charge in [0.05, 0.1) is 22.2 Å². The number of aromatic amines is 1. The van der Waals surface area contributed by atoms with Gasteiger partial charge in [-0.05, 0) is 54.1 Å². The minimum absolute atomic E-state index is 0.247. The Morgan fingerprint density at radius 2 is 1.96 bits per heavy atom. The van der Waals surface area contributed by atoms with Crippen LogP contribution < -0.4 is 0 Å². The van der Waals surface area contributed by atoms with Gasteiger partial charge in [0.2, 0.25) is 0 Å². The maximum absolute atomic E-state index is 11.0. The number of carbonyl (C=O) groups is 1. The van der Waals surface area contributed by atoms with Crippen LogP contribution in [0.4, 0.5) is 0 Å². The molecule has 0 aliphatic rings. The number of allylic oxidation sites excluding steroid dienone is 1. The lowest BCUT2D eigenvalue weighted by Gasteiger charge is -1.98. The first kappa shape index (κ1) is 18.0. The number of carboxylic acids is 1. The SMILES string of the molecule is N#C/C(=C/c1ccc(-c2ccc(C(=O)O)cc2)s1)c1nc2ccc(Cl)cc2[nH]1. The summed E-state index contributed by atoms with van der Waals surface area (Å²) in [6.07, 6.45) is 1.78. The van der Waals surface area contributed by atoms with Gasteiger partial charge in [0.15, 0.2) is 0 Å². The van der Waals surface area contributed by atoms with Crippen molar-refractivity contribution in [3.63, 3.8) is 0 Å². The third-order valence-corrected chi connectivity index (χ3v) is 5.47. The van der Waals surface area contributed by atoms with Gasteiger partial charge in [0.1, 0.15) is 11.9 Å². The number of H-pyrrole nitrogens is 1. The maximum atomic E-state index is 11.0. The fraction of sp³-hybridized carbons (Fsp3) is 0. The average molecular weight is 406 g/mol. The van der Waals surface area contributed by atoms with E-state index in [0.717, 1.165) is 26.4 Å². The van der Waals surface area contributed by atoms with Gasteiger partial charge in [-0.2, -0.15) is 5.26 Å². The van der Waals surface area contributed by atoms with E-state index >= 15 is 0 Å². The number of rotatable bonds is 4. The first-order valence-corrected chi connectivity index (χ1v) is 9.44. The molecule has 0 spiro atoms. The Bertz CT molecular complexity index is 1260. The van der Waals surface area contributed by atoms with Gasteiger partial charge in [0, 0.05) is 14.8 Å². The summed E-state index contributed by atoms with van der Waals surface area (Å²) < 4.78 is 0. The quantitative estimate of drug-likeness (QED) is 0.425. The summed E-state index contributed by atoms with van der Waals surface area (Å²) in [5.41, 5.74) is 3.10. The van der Waals surface area contributed by atoms with E-state index in [4.69, 9.17) is 16.7 Å². The van der Waals surface area contributed by atoms with Crippen LogP contribution in [0.1, 0.15) is 21.1 Å². The Labute approximate surface area is 169 Å². The second-order valence-electron chi connectivity index (χ2n) is 6.00. The smallest absolute Gasteiger partial charge is 0.335 e. The first-order chi connectivity index (χ1) is 13.5. The van der Waals surface area contributed by atoms with E-state index in [-0.39, 0.29) is 5.56 Å². The van der Waals surface area contributed by atoms with Crippen LogP contribution in [0.5, 0.6) is 0 Å². The minimum Gasteiger partial charge on any atom is -0.478 e. The molecule has 28 heavy (non-hydrogen) atoms. The average Bonchev–Trinajstić information content (AvgIpc) is 3.32. The summed E-state index contributed by atoms with van der Waals surface area (Å²) in [5, 5.41) is 19.2. The molecule has 0 bridgehead atoms. The zero-order valence-corrected chi connectivity index (χ0v) is 15.9. The van der Waals surface area contributed by atoms with Gasteiger partial charge in [-0.1, -0.05) is 23.7 Å². The zero-order valence-electron chi connectivity index (χ0n) is 14.3.